The van der Waals surface area contributed by atoms with Crippen LogP contribution in [0.1, 0.15) is 39.5 Å². The van der Waals surface area contributed by atoms with Gasteiger partial charge in [0.25, 0.3) is 5.91 Å². The molecule has 27 heavy (non-hydrogen) atoms. The number of thiazole rings is 1. The molecule has 4 rings (SSSR count). The molecule has 3 aromatic rings. The molecular weight excluding hydrogens is 358 g/mol. The lowest BCUT2D eigenvalue weighted by molar-refractivity contribution is -0.117. The van der Waals surface area contributed by atoms with Crippen LogP contribution in [0.3, 0.4) is 0 Å². The summed E-state index contributed by atoms with van der Waals surface area (Å²) in [5, 5.41) is 5.20. The molecule has 1 N–H and O–H groups in total. The lowest BCUT2D eigenvalue weighted by atomic mass is 10.0. The van der Waals surface area contributed by atoms with Crippen molar-refractivity contribution in [2.75, 3.05) is 5.32 Å². The first-order valence-corrected chi connectivity index (χ1v) is 9.64. The Hall–Kier alpha value is -2.99. The molecule has 0 unspecified atom stereocenters. The summed E-state index contributed by atoms with van der Waals surface area (Å²) in [5.41, 5.74) is 3.81. The third kappa shape index (κ3) is 3.61. The molecular formula is C21H19N3O2S. The number of aryl methyl sites for hydroxylation is 1. The Balaban J connectivity index is 1.61. The fraction of sp³-hybridized carbons (Fsp3) is 0.190. The first-order valence-electron chi connectivity index (χ1n) is 8.76. The minimum atomic E-state index is -0.328. The molecule has 0 radical (unpaired) electrons. The summed E-state index contributed by atoms with van der Waals surface area (Å²) in [6, 6.07) is 15.3. The van der Waals surface area contributed by atoms with Gasteiger partial charge in [0.15, 0.2) is 5.13 Å². The normalized spacial score (nSPS) is 14.1. The minimum absolute atomic E-state index is 0.0294. The van der Waals surface area contributed by atoms with E-state index in [4.69, 9.17) is 0 Å². The zero-order valence-corrected chi connectivity index (χ0v) is 15.7. The van der Waals surface area contributed by atoms with Crippen molar-refractivity contribution in [3.63, 3.8) is 0 Å². The summed E-state index contributed by atoms with van der Waals surface area (Å²) in [7, 11) is 0. The van der Waals surface area contributed by atoms with E-state index in [1.165, 1.54) is 11.3 Å². The van der Waals surface area contributed by atoms with Crippen LogP contribution in [0.4, 0.5) is 5.13 Å². The largest absolute Gasteiger partial charge is 0.327 e. The summed E-state index contributed by atoms with van der Waals surface area (Å²) in [5.74, 6) is -0.183. The average molecular weight is 377 g/mol. The number of nitrogens with one attached hydrogen (secondary N) is 1. The molecule has 0 fully saturated rings. The number of rotatable bonds is 5. The molecule has 1 aliphatic heterocycles. The lowest BCUT2D eigenvalue weighted by Gasteiger charge is -2.28. The van der Waals surface area contributed by atoms with E-state index in [1.807, 2.05) is 60.8 Å². The monoisotopic (exact) mass is 377 g/mol. The van der Waals surface area contributed by atoms with Gasteiger partial charge in [-0.15, -0.1) is 11.3 Å². The highest BCUT2D eigenvalue weighted by atomic mass is 32.1. The van der Waals surface area contributed by atoms with Crippen molar-refractivity contribution >= 4 is 28.3 Å². The fourth-order valence-electron chi connectivity index (χ4n) is 3.36. The number of fused-ring (bicyclic) bond motifs is 1. The number of nitrogens with zero attached hydrogens (tertiary/aromatic N) is 2. The molecule has 1 aliphatic rings. The van der Waals surface area contributed by atoms with E-state index in [0.29, 0.717) is 11.7 Å². The first kappa shape index (κ1) is 17.4. The number of benzene rings is 2. The van der Waals surface area contributed by atoms with Gasteiger partial charge in [-0.1, -0.05) is 48.0 Å². The Kier molecular flexibility index (Phi) is 4.73. The lowest BCUT2D eigenvalue weighted by Crippen LogP contribution is -2.32. The number of hydrogen-bond donors (Lipinski definition) is 1. The van der Waals surface area contributed by atoms with Gasteiger partial charge in [-0.2, -0.15) is 0 Å². The van der Waals surface area contributed by atoms with E-state index >= 15 is 0 Å². The second kappa shape index (κ2) is 7.32. The van der Waals surface area contributed by atoms with Crippen LogP contribution in [0.15, 0.2) is 60.1 Å². The van der Waals surface area contributed by atoms with E-state index in [9.17, 15) is 9.59 Å². The van der Waals surface area contributed by atoms with Crippen molar-refractivity contribution in [1.82, 2.24) is 9.88 Å². The van der Waals surface area contributed by atoms with E-state index in [0.717, 1.165) is 22.3 Å². The zero-order valence-electron chi connectivity index (χ0n) is 14.9. The Bertz CT molecular complexity index is 967. The van der Waals surface area contributed by atoms with Gasteiger partial charge < -0.3 is 10.2 Å². The van der Waals surface area contributed by atoms with Gasteiger partial charge in [0.05, 0.1) is 12.5 Å². The smallest absolute Gasteiger partial charge is 0.255 e. The Morgan fingerprint density at radius 3 is 2.70 bits per heavy atom. The van der Waals surface area contributed by atoms with Crippen molar-refractivity contribution < 1.29 is 9.59 Å². The van der Waals surface area contributed by atoms with Crippen LogP contribution in [0.5, 0.6) is 0 Å². The highest BCUT2D eigenvalue weighted by Gasteiger charge is 2.34. The van der Waals surface area contributed by atoms with Gasteiger partial charge >= 0.3 is 0 Å². The van der Waals surface area contributed by atoms with Crippen LogP contribution in [-0.2, 0) is 11.3 Å². The summed E-state index contributed by atoms with van der Waals surface area (Å²) < 4.78 is 0. The second-order valence-electron chi connectivity index (χ2n) is 6.61. The summed E-state index contributed by atoms with van der Waals surface area (Å²) in [6.07, 6.45) is 1.83. The summed E-state index contributed by atoms with van der Waals surface area (Å²) in [4.78, 5) is 31.5. The van der Waals surface area contributed by atoms with Crippen molar-refractivity contribution in [3.05, 3.63) is 82.4 Å². The molecule has 2 aromatic carbocycles. The number of anilines is 1. The third-order valence-electron chi connectivity index (χ3n) is 4.75. The van der Waals surface area contributed by atoms with E-state index in [2.05, 4.69) is 10.3 Å². The molecule has 6 heteroatoms. The highest BCUT2D eigenvalue weighted by Crippen LogP contribution is 2.33. The van der Waals surface area contributed by atoms with Crippen LogP contribution in [0.25, 0.3) is 0 Å². The molecule has 0 saturated heterocycles. The third-order valence-corrected chi connectivity index (χ3v) is 5.43. The molecule has 0 aliphatic carbocycles. The number of carbonyl (C=O) groups is 2. The Morgan fingerprint density at radius 1 is 1.22 bits per heavy atom. The van der Waals surface area contributed by atoms with E-state index in [1.54, 1.807) is 11.1 Å². The van der Waals surface area contributed by atoms with Gasteiger partial charge in [-0.25, -0.2) is 4.98 Å². The van der Waals surface area contributed by atoms with Gasteiger partial charge in [0.1, 0.15) is 0 Å². The van der Waals surface area contributed by atoms with Gasteiger partial charge in [-0.05, 0) is 24.1 Å². The highest BCUT2D eigenvalue weighted by molar-refractivity contribution is 7.13. The van der Waals surface area contributed by atoms with Crippen molar-refractivity contribution in [2.45, 2.75) is 25.9 Å². The topological polar surface area (TPSA) is 62.3 Å². The molecule has 0 saturated carbocycles. The maximum absolute atomic E-state index is 13.0. The van der Waals surface area contributed by atoms with Crippen molar-refractivity contribution in [3.8, 4) is 0 Å². The summed E-state index contributed by atoms with van der Waals surface area (Å²) in [6.45, 7) is 2.53. The van der Waals surface area contributed by atoms with Crippen LogP contribution < -0.4 is 5.32 Å². The predicted molar refractivity (Wildman–Crippen MR) is 106 cm³/mol. The molecule has 136 valence electrons. The Morgan fingerprint density at radius 2 is 2.00 bits per heavy atom. The standard InChI is InChI=1S/C21H19N3O2S/c1-14-6-8-15(9-7-14)18(12-19(25)23-21-22-10-11-27-21)24-13-16-4-2-3-5-17(16)20(24)26/h2-11,18H,12-13H2,1H3,(H,22,23,25)/t18-/m0/s1. The van der Waals surface area contributed by atoms with E-state index in [-0.39, 0.29) is 24.3 Å². The minimum Gasteiger partial charge on any atom is -0.327 e. The number of aromatic nitrogens is 1. The average Bonchev–Trinajstić information content (AvgIpc) is 3.29. The number of carbonyl (C=O) groups excluding carboxylic acids is 2. The Labute approximate surface area is 161 Å². The second-order valence-corrected chi connectivity index (χ2v) is 7.50. The molecule has 0 bridgehead atoms. The molecule has 2 amide bonds. The van der Waals surface area contributed by atoms with Crippen LogP contribution in [-0.4, -0.2) is 21.7 Å². The molecule has 2 heterocycles. The van der Waals surface area contributed by atoms with E-state index < -0.39 is 0 Å². The molecule has 1 atom stereocenters. The first-order chi connectivity index (χ1) is 13.1. The SMILES string of the molecule is Cc1ccc([C@H](CC(=O)Nc2nccs2)N2Cc3ccccc3C2=O)cc1. The van der Waals surface area contributed by atoms with Gasteiger partial charge in [-0.3, -0.25) is 9.59 Å². The molecule has 1 aromatic heterocycles. The maximum atomic E-state index is 13.0. The fourth-order valence-corrected chi connectivity index (χ4v) is 3.90. The van der Waals surface area contributed by atoms with Crippen molar-refractivity contribution in [1.29, 1.82) is 0 Å². The number of hydrogen-bond acceptors (Lipinski definition) is 4. The maximum Gasteiger partial charge on any atom is 0.255 e. The zero-order chi connectivity index (χ0) is 18.8. The van der Waals surface area contributed by atoms with Gasteiger partial charge in [0, 0.05) is 23.7 Å². The molecule has 0 spiro atoms. The van der Waals surface area contributed by atoms with Gasteiger partial charge in [0.2, 0.25) is 5.91 Å². The summed E-state index contributed by atoms with van der Waals surface area (Å²) >= 11 is 1.38. The van der Waals surface area contributed by atoms with Crippen LogP contribution in [0.2, 0.25) is 0 Å². The quantitative estimate of drug-likeness (QED) is 0.726. The molecule has 5 nitrogen and oxygen atoms in total. The number of amides is 2. The van der Waals surface area contributed by atoms with Crippen molar-refractivity contribution in [2.24, 2.45) is 0 Å². The predicted octanol–water partition coefficient (Wildman–Crippen LogP) is 4.18. The van der Waals surface area contributed by atoms with Crippen LogP contribution in [0, 0.1) is 6.92 Å². The van der Waals surface area contributed by atoms with Crippen LogP contribution >= 0.6 is 11.3 Å².